The molecule has 1 amide bonds. The molecule has 0 radical (unpaired) electrons. The molecule has 0 aliphatic heterocycles. The molecule has 0 unspecified atom stereocenters. The van der Waals surface area contributed by atoms with E-state index >= 15 is 0 Å². The van der Waals surface area contributed by atoms with Crippen LogP contribution < -0.4 is 5.32 Å². The summed E-state index contributed by atoms with van der Waals surface area (Å²) in [5.41, 5.74) is 0.0793. The van der Waals surface area contributed by atoms with E-state index in [9.17, 15) is 14.7 Å². The number of carbonyl (C=O) groups is 2. The van der Waals surface area contributed by atoms with Crippen LogP contribution in [-0.4, -0.2) is 26.5 Å². The number of imidazole rings is 1. The van der Waals surface area contributed by atoms with E-state index in [0.29, 0.717) is 45.1 Å². The zero-order valence-electron chi connectivity index (χ0n) is 13.0. The monoisotopic (exact) mass is 305 g/mol. The first kappa shape index (κ1) is 15.1. The normalized spacial score (nSPS) is 30.2. The van der Waals surface area contributed by atoms with Gasteiger partial charge < -0.3 is 15.0 Å². The van der Waals surface area contributed by atoms with Crippen LogP contribution >= 0.6 is 0 Å². The van der Waals surface area contributed by atoms with Crippen LogP contribution in [0.25, 0.3) is 0 Å². The van der Waals surface area contributed by atoms with Crippen molar-refractivity contribution < 1.29 is 14.7 Å². The molecule has 3 fully saturated rings. The lowest BCUT2D eigenvalue weighted by Gasteiger charge is -2.50. The van der Waals surface area contributed by atoms with Crippen LogP contribution in [0, 0.1) is 10.8 Å². The van der Waals surface area contributed by atoms with Gasteiger partial charge in [-0.05, 0) is 45.4 Å². The summed E-state index contributed by atoms with van der Waals surface area (Å²) in [7, 11) is 0. The molecule has 3 aliphatic rings. The van der Waals surface area contributed by atoms with Gasteiger partial charge in [0.2, 0.25) is 5.91 Å². The summed E-state index contributed by atoms with van der Waals surface area (Å²) >= 11 is 0. The fourth-order valence-electron chi connectivity index (χ4n) is 3.99. The second-order valence-electron chi connectivity index (χ2n) is 6.72. The molecule has 2 N–H and O–H groups in total. The number of fused-ring (bicyclic) bond motifs is 3. The van der Waals surface area contributed by atoms with E-state index in [2.05, 4.69) is 10.3 Å². The van der Waals surface area contributed by atoms with Crippen LogP contribution in [0.2, 0.25) is 0 Å². The Labute approximate surface area is 129 Å². The Bertz CT molecular complexity index is 569. The molecule has 6 heteroatoms. The molecule has 2 bridgehead atoms. The van der Waals surface area contributed by atoms with E-state index in [1.165, 1.54) is 0 Å². The standard InChI is InChI=1S/C16H23N3O3/c1-2-19-11-17-9-12(19)10-18-13(20)15-3-6-16(7-4-15,8-5-15)14(21)22/h9,11H,2-8,10H2,1H3,(H,18,20)(H,21,22). The number of carboxylic acids is 1. The molecule has 120 valence electrons. The predicted molar refractivity (Wildman–Crippen MR) is 80.0 cm³/mol. The number of aliphatic carboxylic acids is 1. The molecule has 3 saturated carbocycles. The molecule has 1 heterocycles. The van der Waals surface area contributed by atoms with Gasteiger partial charge in [0.1, 0.15) is 0 Å². The van der Waals surface area contributed by atoms with Crippen LogP contribution in [0.3, 0.4) is 0 Å². The summed E-state index contributed by atoms with van der Waals surface area (Å²) in [5.74, 6) is -0.608. The third kappa shape index (κ3) is 2.30. The smallest absolute Gasteiger partial charge is 0.309 e. The summed E-state index contributed by atoms with van der Waals surface area (Å²) in [6.45, 7) is 3.36. The van der Waals surface area contributed by atoms with Gasteiger partial charge in [0.25, 0.3) is 0 Å². The zero-order chi connectivity index (χ0) is 15.8. The van der Waals surface area contributed by atoms with Gasteiger partial charge in [-0.1, -0.05) is 0 Å². The first-order chi connectivity index (χ1) is 10.5. The lowest BCUT2D eigenvalue weighted by atomic mass is 9.53. The largest absolute Gasteiger partial charge is 0.481 e. The first-order valence-electron chi connectivity index (χ1n) is 8.02. The zero-order valence-corrected chi connectivity index (χ0v) is 13.0. The van der Waals surface area contributed by atoms with Crippen LogP contribution in [0.15, 0.2) is 12.5 Å². The highest BCUT2D eigenvalue weighted by Gasteiger charge is 2.55. The summed E-state index contributed by atoms with van der Waals surface area (Å²) in [6.07, 6.45) is 7.50. The Kier molecular flexibility index (Phi) is 3.70. The molecule has 0 saturated heterocycles. The van der Waals surface area contributed by atoms with Crippen LogP contribution in [0.4, 0.5) is 0 Å². The molecule has 1 aromatic heterocycles. The van der Waals surface area contributed by atoms with Crippen molar-refractivity contribution in [2.75, 3.05) is 0 Å². The molecule has 0 aromatic carbocycles. The molecule has 0 atom stereocenters. The SMILES string of the molecule is CCn1cncc1CNC(=O)C12CCC(C(=O)O)(CC1)CC2. The molecule has 4 rings (SSSR count). The average molecular weight is 305 g/mol. The number of aromatic nitrogens is 2. The summed E-state index contributed by atoms with van der Waals surface area (Å²) < 4.78 is 2.01. The van der Waals surface area contributed by atoms with E-state index in [-0.39, 0.29) is 11.3 Å². The molecule has 6 nitrogen and oxygen atoms in total. The minimum atomic E-state index is -0.687. The third-order valence-corrected chi connectivity index (χ3v) is 5.75. The number of hydrogen-bond acceptors (Lipinski definition) is 3. The van der Waals surface area contributed by atoms with Gasteiger partial charge in [-0.2, -0.15) is 0 Å². The van der Waals surface area contributed by atoms with Crippen LogP contribution in [0.5, 0.6) is 0 Å². The fourth-order valence-corrected chi connectivity index (χ4v) is 3.99. The van der Waals surface area contributed by atoms with E-state index in [4.69, 9.17) is 0 Å². The Morgan fingerprint density at radius 3 is 2.36 bits per heavy atom. The van der Waals surface area contributed by atoms with Crippen molar-refractivity contribution in [3.63, 3.8) is 0 Å². The van der Waals surface area contributed by atoms with Crippen LogP contribution in [0.1, 0.15) is 51.1 Å². The minimum absolute atomic E-state index is 0.0787. The average Bonchev–Trinajstić information content (AvgIpc) is 3.01. The number of amides is 1. The number of aryl methyl sites for hydroxylation is 1. The van der Waals surface area contributed by atoms with Crippen LogP contribution in [-0.2, 0) is 22.7 Å². The van der Waals surface area contributed by atoms with Crippen molar-refractivity contribution in [1.29, 1.82) is 0 Å². The van der Waals surface area contributed by atoms with Crippen molar-refractivity contribution in [3.05, 3.63) is 18.2 Å². The van der Waals surface area contributed by atoms with Crippen molar-refractivity contribution in [2.45, 2.75) is 58.5 Å². The van der Waals surface area contributed by atoms with Gasteiger partial charge >= 0.3 is 5.97 Å². The maximum Gasteiger partial charge on any atom is 0.309 e. The van der Waals surface area contributed by atoms with Gasteiger partial charge in [0, 0.05) is 18.2 Å². The fraction of sp³-hybridized carbons (Fsp3) is 0.688. The third-order valence-electron chi connectivity index (χ3n) is 5.75. The van der Waals surface area contributed by atoms with Crippen molar-refractivity contribution in [3.8, 4) is 0 Å². The van der Waals surface area contributed by atoms with Gasteiger partial charge in [-0.3, -0.25) is 9.59 Å². The molecule has 1 aromatic rings. The quantitative estimate of drug-likeness (QED) is 0.870. The maximum atomic E-state index is 12.7. The minimum Gasteiger partial charge on any atom is -0.481 e. The lowest BCUT2D eigenvalue weighted by Crippen LogP contribution is -2.52. The highest BCUT2D eigenvalue weighted by molar-refractivity contribution is 5.84. The number of rotatable bonds is 5. The Hall–Kier alpha value is -1.85. The number of nitrogens with zero attached hydrogens (tertiary/aromatic N) is 2. The van der Waals surface area contributed by atoms with Gasteiger partial charge in [0.05, 0.1) is 24.0 Å². The van der Waals surface area contributed by atoms with Gasteiger partial charge in [-0.25, -0.2) is 4.98 Å². The molecule has 22 heavy (non-hydrogen) atoms. The molecule has 3 aliphatic carbocycles. The second kappa shape index (κ2) is 5.41. The summed E-state index contributed by atoms with van der Waals surface area (Å²) in [6, 6.07) is 0. The molecular formula is C16H23N3O3. The topological polar surface area (TPSA) is 84.2 Å². The highest BCUT2D eigenvalue weighted by Crippen LogP contribution is 2.57. The Morgan fingerprint density at radius 1 is 1.23 bits per heavy atom. The lowest BCUT2D eigenvalue weighted by molar-refractivity contribution is -0.163. The Balaban J connectivity index is 1.63. The summed E-state index contributed by atoms with van der Waals surface area (Å²) in [5, 5.41) is 12.5. The second-order valence-corrected chi connectivity index (χ2v) is 6.72. The van der Waals surface area contributed by atoms with E-state index in [1.54, 1.807) is 12.5 Å². The Morgan fingerprint density at radius 2 is 1.82 bits per heavy atom. The number of carbonyl (C=O) groups excluding carboxylic acids is 1. The van der Waals surface area contributed by atoms with E-state index in [0.717, 1.165) is 12.2 Å². The first-order valence-corrected chi connectivity index (χ1v) is 8.02. The van der Waals surface area contributed by atoms with Crippen molar-refractivity contribution in [2.24, 2.45) is 10.8 Å². The summed E-state index contributed by atoms with van der Waals surface area (Å²) in [4.78, 5) is 28.2. The van der Waals surface area contributed by atoms with Gasteiger partial charge in [-0.15, -0.1) is 0 Å². The number of nitrogens with one attached hydrogen (secondary N) is 1. The number of hydrogen-bond donors (Lipinski definition) is 2. The highest BCUT2D eigenvalue weighted by atomic mass is 16.4. The predicted octanol–water partition coefficient (Wildman–Crippen LogP) is 1.94. The van der Waals surface area contributed by atoms with Crippen molar-refractivity contribution in [1.82, 2.24) is 14.9 Å². The van der Waals surface area contributed by atoms with Crippen molar-refractivity contribution >= 4 is 11.9 Å². The van der Waals surface area contributed by atoms with E-state index < -0.39 is 11.4 Å². The van der Waals surface area contributed by atoms with Gasteiger partial charge in [0.15, 0.2) is 0 Å². The maximum absolute atomic E-state index is 12.7. The molecular weight excluding hydrogens is 282 g/mol. The van der Waals surface area contributed by atoms with E-state index in [1.807, 2.05) is 11.5 Å². The number of carboxylic acid groups (broad SMARTS) is 1. The molecule has 0 spiro atoms.